The fourth-order valence-corrected chi connectivity index (χ4v) is 4.65. The molecule has 38 heavy (non-hydrogen) atoms. The van der Waals surface area contributed by atoms with Crippen molar-refractivity contribution in [3.8, 4) is 0 Å². The van der Waals surface area contributed by atoms with E-state index in [2.05, 4.69) is 20.9 Å². The van der Waals surface area contributed by atoms with Crippen LogP contribution in [0.3, 0.4) is 0 Å². The number of amides is 1. The summed E-state index contributed by atoms with van der Waals surface area (Å²) in [6.07, 6.45) is 2.60. The maximum Gasteiger partial charge on any atom is 0.317 e. The van der Waals surface area contributed by atoms with Crippen molar-refractivity contribution in [2.24, 2.45) is 5.73 Å². The molecular weight excluding hydrogens is 488 g/mol. The summed E-state index contributed by atoms with van der Waals surface area (Å²) >= 11 is 0. The Morgan fingerprint density at radius 3 is 2.24 bits per heavy atom. The number of carboxylic acids is 1. The highest BCUT2D eigenvalue weighted by Gasteiger charge is 2.37. The molecule has 1 unspecified atom stereocenters. The zero-order valence-corrected chi connectivity index (χ0v) is 20.6. The van der Waals surface area contributed by atoms with Crippen LogP contribution in [0.4, 0.5) is 0 Å². The van der Waals surface area contributed by atoms with Gasteiger partial charge in [-0.25, -0.2) is 4.98 Å². The number of hydrogen-bond acceptors (Lipinski definition) is 8. The van der Waals surface area contributed by atoms with Gasteiger partial charge in [-0.05, 0) is 30.5 Å². The molecule has 3 atom stereocenters. The van der Waals surface area contributed by atoms with Gasteiger partial charge in [0.1, 0.15) is 18.0 Å². The lowest BCUT2D eigenvalue weighted by molar-refractivity contribution is -0.136. The van der Waals surface area contributed by atoms with Gasteiger partial charge in [0.2, 0.25) is 5.91 Å². The van der Waals surface area contributed by atoms with Crippen LogP contribution in [0.25, 0.3) is 0 Å². The first-order chi connectivity index (χ1) is 18.3. The lowest BCUT2D eigenvalue weighted by atomic mass is 9.84. The summed E-state index contributed by atoms with van der Waals surface area (Å²) in [4.78, 5) is 43.1. The van der Waals surface area contributed by atoms with Crippen molar-refractivity contribution in [3.63, 3.8) is 0 Å². The second kappa shape index (κ2) is 12.3. The average Bonchev–Trinajstić information content (AvgIpc) is 3.63. The number of nitrogens with one attached hydrogen (secondary N) is 4. The third-order valence-electron chi connectivity index (χ3n) is 6.43. The summed E-state index contributed by atoms with van der Waals surface area (Å²) in [5.41, 5.74) is 7.17. The molecule has 1 aliphatic rings. The van der Waals surface area contributed by atoms with Crippen LogP contribution in [-0.4, -0.2) is 58.8 Å². The number of nitrogens with zero attached hydrogens (tertiary/aromatic N) is 1. The van der Waals surface area contributed by atoms with Gasteiger partial charge in [-0.2, -0.15) is 0 Å². The van der Waals surface area contributed by atoms with Gasteiger partial charge in [0, 0.05) is 5.92 Å². The molecule has 2 aromatic carbocycles. The van der Waals surface area contributed by atoms with E-state index in [1.807, 2.05) is 60.7 Å². The molecule has 11 heteroatoms. The first-order valence-electron chi connectivity index (χ1n) is 12.3. The van der Waals surface area contributed by atoms with E-state index in [1.54, 1.807) is 0 Å². The van der Waals surface area contributed by atoms with E-state index in [0.717, 1.165) is 17.5 Å². The van der Waals surface area contributed by atoms with Crippen LogP contribution in [0.5, 0.6) is 0 Å². The molecule has 2 heterocycles. The topological polar surface area (TPSA) is 183 Å². The van der Waals surface area contributed by atoms with Gasteiger partial charge in [-0.3, -0.25) is 25.1 Å². The van der Waals surface area contributed by atoms with Gasteiger partial charge < -0.3 is 25.9 Å². The van der Waals surface area contributed by atoms with Gasteiger partial charge in [0.15, 0.2) is 11.6 Å². The molecule has 1 aromatic heterocycles. The quantitative estimate of drug-likeness (QED) is 0.152. The number of aliphatic carboxylic acids is 1. The minimum atomic E-state index is -1.20. The Morgan fingerprint density at radius 1 is 1.11 bits per heavy atom. The van der Waals surface area contributed by atoms with Crippen molar-refractivity contribution in [2.45, 2.75) is 36.9 Å². The van der Waals surface area contributed by atoms with Crippen molar-refractivity contribution >= 4 is 23.5 Å². The SMILES string of the molecule is N=C(N)c1nc(C(NC(=O)[C@H](NCC(=O)O)C(c2ccccc2)c2ccccc2)C(=O)[C@@H]2CCCN2)co1. The molecule has 1 saturated heterocycles. The molecule has 0 saturated carbocycles. The number of carbonyl (C=O) groups excluding carboxylic acids is 2. The summed E-state index contributed by atoms with van der Waals surface area (Å²) in [5, 5.41) is 25.8. The molecule has 198 valence electrons. The maximum atomic E-state index is 13.9. The maximum absolute atomic E-state index is 13.9. The predicted molar refractivity (Wildman–Crippen MR) is 139 cm³/mol. The number of nitrogens with two attached hydrogens (primary N) is 1. The van der Waals surface area contributed by atoms with Crippen LogP contribution in [-0.2, 0) is 14.4 Å². The van der Waals surface area contributed by atoms with Crippen molar-refractivity contribution in [2.75, 3.05) is 13.1 Å². The largest absolute Gasteiger partial charge is 0.480 e. The fourth-order valence-electron chi connectivity index (χ4n) is 4.65. The molecule has 0 radical (unpaired) electrons. The van der Waals surface area contributed by atoms with E-state index in [9.17, 15) is 19.5 Å². The lowest BCUT2D eigenvalue weighted by Crippen LogP contribution is -2.52. The number of ketones is 1. The van der Waals surface area contributed by atoms with E-state index in [4.69, 9.17) is 15.6 Å². The third-order valence-corrected chi connectivity index (χ3v) is 6.43. The van der Waals surface area contributed by atoms with Gasteiger partial charge in [-0.1, -0.05) is 60.7 Å². The molecule has 11 nitrogen and oxygen atoms in total. The number of Topliss-reactive ketones (excluding diaryl/α,β-unsaturated/α-hetero) is 1. The summed E-state index contributed by atoms with van der Waals surface area (Å²) in [6.45, 7) is 0.191. The number of carbonyl (C=O) groups is 3. The Bertz CT molecular complexity index is 1230. The second-order valence-corrected chi connectivity index (χ2v) is 9.04. The van der Waals surface area contributed by atoms with Gasteiger partial charge in [-0.15, -0.1) is 0 Å². The van der Waals surface area contributed by atoms with Crippen LogP contribution in [0, 0.1) is 5.41 Å². The summed E-state index contributed by atoms with van der Waals surface area (Å²) in [6, 6.07) is 15.8. The van der Waals surface area contributed by atoms with Crippen LogP contribution in [0.15, 0.2) is 71.3 Å². The lowest BCUT2D eigenvalue weighted by Gasteiger charge is -2.29. The molecule has 0 aliphatic carbocycles. The summed E-state index contributed by atoms with van der Waals surface area (Å²) in [7, 11) is 0. The zero-order valence-electron chi connectivity index (χ0n) is 20.6. The van der Waals surface area contributed by atoms with Gasteiger partial charge in [0.25, 0.3) is 5.89 Å². The molecule has 3 aromatic rings. The van der Waals surface area contributed by atoms with E-state index in [0.29, 0.717) is 13.0 Å². The van der Waals surface area contributed by atoms with E-state index < -0.39 is 48.3 Å². The average molecular weight is 519 g/mol. The van der Waals surface area contributed by atoms with Gasteiger partial charge >= 0.3 is 5.97 Å². The Balaban J connectivity index is 1.72. The molecule has 1 fully saturated rings. The standard InChI is InChI=1S/C27H30N6O5/c28-25(29)27-32-19(15-38-27)22(24(36)18-12-7-13-30-18)33-26(37)23(31-14-20(34)35)21(16-8-3-1-4-9-16)17-10-5-2-6-11-17/h1-6,8-11,15,18,21-23,30-31H,7,12-14H2,(H3,28,29)(H,33,37)(H,34,35)/t18-,22?,23+/m0/s1. The van der Waals surface area contributed by atoms with E-state index in [1.165, 1.54) is 6.26 Å². The Labute approximate surface area is 219 Å². The number of amidine groups is 1. The number of aromatic nitrogens is 1. The summed E-state index contributed by atoms with van der Waals surface area (Å²) in [5.74, 6) is -3.18. The molecule has 1 amide bonds. The molecular formula is C27H30N6O5. The first kappa shape index (κ1) is 26.7. The van der Waals surface area contributed by atoms with Crippen LogP contribution in [0.2, 0.25) is 0 Å². The smallest absolute Gasteiger partial charge is 0.317 e. The third kappa shape index (κ3) is 6.31. The minimum Gasteiger partial charge on any atom is -0.480 e. The Morgan fingerprint density at radius 2 is 1.74 bits per heavy atom. The fraction of sp³-hybridized carbons (Fsp3) is 0.296. The van der Waals surface area contributed by atoms with E-state index in [-0.39, 0.29) is 17.4 Å². The van der Waals surface area contributed by atoms with Crippen molar-refractivity contribution in [1.82, 2.24) is 20.9 Å². The number of nitrogen functional groups attached to an aromatic ring is 1. The number of hydrogen-bond donors (Lipinski definition) is 6. The second-order valence-electron chi connectivity index (χ2n) is 9.04. The Hall–Kier alpha value is -4.35. The van der Waals surface area contributed by atoms with Crippen LogP contribution >= 0.6 is 0 Å². The van der Waals surface area contributed by atoms with E-state index >= 15 is 0 Å². The summed E-state index contributed by atoms with van der Waals surface area (Å²) < 4.78 is 5.25. The van der Waals surface area contributed by atoms with Crippen molar-refractivity contribution < 1.29 is 23.9 Å². The zero-order chi connectivity index (χ0) is 27.1. The molecule has 4 rings (SSSR count). The minimum absolute atomic E-state index is 0.107. The van der Waals surface area contributed by atoms with Gasteiger partial charge in [0.05, 0.1) is 18.6 Å². The monoisotopic (exact) mass is 518 g/mol. The first-order valence-corrected chi connectivity index (χ1v) is 12.3. The number of carboxylic acid groups (broad SMARTS) is 1. The van der Waals surface area contributed by atoms with Crippen molar-refractivity contribution in [1.29, 1.82) is 5.41 Å². The highest BCUT2D eigenvalue weighted by Crippen LogP contribution is 2.29. The van der Waals surface area contributed by atoms with Crippen LogP contribution in [0.1, 0.15) is 47.5 Å². The highest BCUT2D eigenvalue weighted by molar-refractivity contribution is 5.95. The Kier molecular flexibility index (Phi) is 8.62. The number of rotatable bonds is 12. The van der Waals surface area contributed by atoms with Crippen LogP contribution < -0.4 is 21.7 Å². The number of benzene rings is 2. The normalized spacial score (nSPS) is 16.6. The number of oxazole rings is 1. The van der Waals surface area contributed by atoms with Crippen molar-refractivity contribution in [3.05, 3.63) is 89.6 Å². The molecule has 7 N–H and O–H groups in total. The predicted octanol–water partition coefficient (Wildman–Crippen LogP) is 1.31. The molecule has 0 spiro atoms. The molecule has 0 bridgehead atoms. The highest BCUT2D eigenvalue weighted by atomic mass is 16.4. The molecule has 1 aliphatic heterocycles.